The molecule has 0 aromatic heterocycles. The maximum atomic E-state index is 12.4. The number of carbonyl (C=O) groups excluding carboxylic acids is 2. The van der Waals surface area contributed by atoms with Crippen molar-refractivity contribution in [1.29, 1.82) is 0 Å². The monoisotopic (exact) mass is 463 g/mol. The van der Waals surface area contributed by atoms with Gasteiger partial charge in [-0.15, -0.1) is 0 Å². The third kappa shape index (κ3) is 5.58. The van der Waals surface area contributed by atoms with E-state index in [0.717, 1.165) is 23.6 Å². The fourth-order valence-electron chi connectivity index (χ4n) is 3.99. The number of amides is 3. The number of aliphatic hydroxyl groups is 1. The van der Waals surface area contributed by atoms with Crippen LogP contribution in [0.1, 0.15) is 19.3 Å². The number of hydrogen-bond acceptors (Lipinski definition) is 5. The summed E-state index contributed by atoms with van der Waals surface area (Å²) in [4.78, 5) is 26.4. The van der Waals surface area contributed by atoms with E-state index in [2.05, 4.69) is 10.6 Å². The number of carbonyl (C=O) groups is 2. The summed E-state index contributed by atoms with van der Waals surface area (Å²) >= 11 is 0. The first-order valence-corrected chi connectivity index (χ1v) is 11.4. The number of benzene rings is 3. The number of nitrogens with zero attached hydrogens (tertiary/aromatic N) is 1. The molecule has 1 unspecified atom stereocenters. The second-order valence-corrected chi connectivity index (χ2v) is 8.17. The molecule has 1 saturated heterocycles. The fourth-order valence-corrected chi connectivity index (χ4v) is 3.99. The predicted octanol–water partition coefficient (Wildman–Crippen LogP) is 3.93. The largest absolute Gasteiger partial charge is 0.495 e. The molecule has 3 N–H and O–H groups in total. The van der Waals surface area contributed by atoms with Crippen LogP contribution in [-0.4, -0.2) is 50.0 Å². The number of anilines is 2. The van der Waals surface area contributed by atoms with Crippen LogP contribution in [0, 0.1) is 0 Å². The number of nitrogens with one attached hydrogen (secondary N) is 2. The molecule has 8 nitrogen and oxygen atoms in total. The van der Waals surface area contributed by atoms with E-state index in [1.165, 1.54) is 0 Å². The Balaban J connectivity index is 1.31. The average molecular weight is 464 g/mol. The normalized spacial score (nSPS) is 14.5. The molecule has 3 aromatic carbocycles. The molecule has 34 heavy (non-hydrogen) atoms. The third-order valence-corrected chi connectivity index (χ3v) is 5.73. The maximum Gasteiger partial charge on any atom is 0.319 e. The molecule has 1 atom stereocenters. The first-order chi connectivity index (χ1) is 16.5. The van der Waals surface area contributed by atoms with Crippen molar-refractivity contribution in [2.45, 2.75) is 25.4 Å². The number of piperidine rings is 1. The van der Waals surface area contributed by atoms with Crippen LogP contribution < -0.4 is 25.0 Å². The maximum absolute atomic E-state index is 12.4. The molecule has 0 radical (unpaired) electrons. The SMILES string of the molecule is COc1ccc(NC(=O)NCC(O)COc2cccc3ccccc23)cc1N1CCCCC1=O. The summed E-state index contributed by atoms with van der Waals surface area (Å²) < 4.78 is 11.2. The van der Waals surface area contributed by atoms with Gasteiger partial charge in [0.15, 0.2) is 0 Å². The zero-order valence-electron chi connectivity index (χ0n) is 19.1. The van der Waals surface area contributed by atoms with E-state index in [9.17, 15) is 14.7 Å². The lowest BCUT2D eigenvalue weighted by molar-refractivity contribution is -0.119. The van der Waals surface area contributed by atoms with Crippen molar-refractivity contribution in [3.05, 3.63) is 60.7 Å². The van der Waals surface area contributed by atoms with Gasteiger partial charge >= 0.3 is 6.03 Å². The van der Waals surface area contributed by atoms with Crippen molar-refractivity contribution in [2.24, 2.45) is 0 Å². The van der Waals surface area contributed by atoms with Gasteiger partial charge < -0.3 is 30.1 Å². The number of hydrogen-bond donors (Lipinski definition) is 3. The van der Waals surface area contributed by atoms with E-state index in [0.29, 0.717) is 35.8 Å². The number of rotatable bonds is 8. The number of methoxy groups -OCH3 is 1. The van der Waals surface area contributed by atoms with Crippen LogP contribution >= 0.6 is 0 Å². The lowest BCUT2D eigenvalue weighted by atomic mass is 10.1. The number of ether oxygens (including phenoxy) is 2. The van der Waals surface area contributed by atoms with E-state index in [1.807, 2.05) is 42.5 Å². The van der Waals surface area contributed by atoms with Gasteiger partial charge in [-0.25, -0.2) is 4.79 Å². The van der Waals surface area contributed by atoms with Gasteiger partial charge in [-0.05, 0) is 42.5 Å². The topological polar surface area (TPSA) is 100 Å². The van der Waals surface area contributed by atoms with E-state index in [-0.39, 0.29) is 19.1 Å². The van der Waals surface area contributed by atoms with Gasteiger partial charge in [0.1, 0.15) is 24.2 Å². The van der Waals surface area contributed by atoms with Gasteiger partial charge in [-0.3, -0.25) is 4.79 Å². The Hall–Kier alpha value is -3.78. The van der Waals surface area contributed by atoms with Crippen molar-refractivity contribution < 1.29 is 24.2 Å². The van der Waals surface area contributed by atoms with E-state index in [4.69, 9.17) is 9.47 Å². The van der Waals surface area contributed by atoms with Crippen LogP contribution in [-0.2, 0) is 4.79 Å². The van der Waals surface area contributed by atoms with Gasteiger partial charge in [0.2, 0.25) is 5.91 Å². The lowest BCUT2D eigenvalue weighted by Crippen LogP contribution is -2.38. The highest BCUT2D eigenvalue weighted by Gasteiger charge is 2.23. The number of aliphatic hydroxyl groups excluding tert-OH is 1. The summed E-state index contributed by atoms with van der Waals surface area (Å²) in [6.45, 7) is 0.677. The van der Waals surface area contributed by atoms with E-state index in [1.54, 1.807) is 30.2 Å². The van der Waals surface area contributed by atoms with Crippen molar-refractivity contribution in [2.75, 3.05) is 37.0 Å². The molecule has 178 valence electrons. The molecule has 8 heteroatoms. The van der Waals surface area contributed by atoms with Crippen LogP contribution in [0.2, 0.25) is 0 Å². The standard InChI is InChI=1S/C26H29N3O5/c1-33-24-13-12-19(15-22(24)29-14-5-4-11-25(29)31)28-26(32)27-16-20(30)17-34-23-10-6-8-18-7-2-3-9-21(18)23/h2-3,6-10,12-13,15,20,30H,4-5,11,14,16-17H2,1H3,(H2,27,28,32). The van der Waals surface area contributed by atoms with Gasteiger partial charge in [0, 0.05) is 30.6 Å². The van der Waals surface area contributed by atoms with E-state index >= 15 is 0 Å². The molecule has 0 bridgehead atoms. The molecule has 0 spiro atoms. The summed E-state index contributed by atoms with van der Waals surface area (Å²) in [5, 5.41) is 17.7. The molecule has 1 fully saturated rings. The predicted molar refractivity (Wildman–Crippen MR) is 132 cm³/mol. The second-order valence-electron chi connectivity index (χ2n) is 8.17. The van der Waals surface area contributed by atoms with Crippen LogP contribution in [0.5, 0.6) is 11.5 Å². The van der Waals surface area contributed by atoms with E-state index < -0.39 is 12.1 Å². The van der Waals surface area contributed by atoms with Crippen LogP contribution in [0.25, 0.3) is 10.8 Å². The van der Waals surface area contributed by atoms with Crippen molar-refractivity contribution in [3.63, 3.8) is 0 Å². The minimum Gasteiger partial charge on any atom is -0.495 e. The van der Waals surface area contributed by atoms with Crippen molar-refractivity contribution in [1.82, 2.24) is 5.32 Å². The third-order valence-electron chi connectivity index (χ3n) is 5.73. The quantitative estimate of drug-likeness (QED) is 0.470. The molecular weight excluding hydrogens is 434 g/mol. The number of urea groups is 1. The van der Waals surface area contributed by atoms with Gasteiger partial charge in [-0.1, -0.05) is 36.4 Å². The van der Waals surface area contributed by atoms with Crippen LogP contribution in [0.15, 0.2) is 60.7 Å². The summed E-state index contributed by atoms with van der Waals surface area (Å²) in [7, 11) is 1.55. The highest BCUT2D eigenvalue weighted by atomic mass is 16.5. The Morgan fingerprint density at radius 2 is 1.91 bits per heavy atom. The highest BCUT2D eigenvalue weighted by molar-refractivity contribution is 5.97. The van der Waals surface area contributed by atoms with Gasteiger partial charge in [0.05, 0.1) is 12.8 Å². The molecule has 3 amide bonds. The average Bonchev–Trinajstić information content (AvgIpc) is 2.86. The minimum absolute atomic E-state index is 0.0181. The van der Waals surface area contributed by atoms with Gasteiger partial charge in [-0.2, -0.15) is 0 Å². The fraction of sp³-hybridized carbons (Fsp3) is 0.308. The Morgan fingerprint density at radius 1 is 1.09 bits per heavy atom. The first kappa shape index (κ1) is 23.4. The summed E-state index contributed by atoms with van der Waals surface area (Å²) in [5.41, 5.74) is 1.15. The Labute approximate surface area is 198 Å². The summed E-state index contributed by atoms with van der Waals surface area (Å²) in [6.07, 6.45) is 1.41. The molecular formula is C26H29N3O5. The van der Waals surface area contributed by atoms with Crippen molar-refractivity contribution in [3.8, 4) is 11.5 Å². The zero-order chi connectivity index (χ0) is 23.9. The zero-order valence-corrected chi connectivity index (χ0v) is 19.1. The molecule has 3 aromatic rings. The molecule has 0 aliphatic carbocycles. The van der Waals surface area contributed by atoms with Crippen LogP contribution in [0.3, 0.4) is 0 Å². The molecule has 4 rings (SSSR count). The first-order valence-electron chi connectivity index (χ1n) is 11.4. The van der Waals surface area contributed by atoms with Crippen molar-refractivity contribution >= 4 is 34.1 Å². The van der Waals surface area contributed by atoms with Gasteiger partial charge in [0.25, 0.3) is 0 Å². The molecule has 1 heterocycles. The Morgan fingerprint density at radius 3 is 2.74 bits per heavy atom. The summed E-state index contributed by atoms with van der Waals surface area (Å²) in [6, 6.07) is 18.3. The smallest absolute Gasteiger partial charge is 0.319 e. The molecule has 1 aliphatic rings. The Bertz CT molecular complexity index is 1160. The minimum atomic E-state index is -0.887. The second kappa shape index (κ2) is 10.9. The number of fused-ring (bicyclic) bond motifs is 1. The van der Waals surface area contributed by atoms with Crippen LogP contribution in [0.4, 0.5) is 16.2 Å². The molecule has 1 aliphatic heterocycles. The Kier molecular flexibility index (Phi) is 7.49. The highest BCUT2D eigenvalue weighted by Crippen LogP contribution is 2.33. The summed E-state index contributed by atoms with van der Waals surface area (Å²) in [5.74, 6) is 1.29. The lowest BCUT2D eigenvalue weighted by Gasteiger charge is -2.28. The molecule has 0 saturated carbocycles.